The van der Waals surface area contributed by atoms with E-state index >= 15 is 0 Å². The van der Waals surface area contributed by atoms with E-state index in [4.69, 9.17) is 9.47 Å². The van der Waals surface area contributed by atoms with Gasteiger partial charge in [0.2, 0.25) is 0 Å². The van der Waals surface area contributed by atoms with Gasteiger partial charge in [-0.2, -0.15) is 0 Å². The molecule has 0 saturated carbocycles. The van der Waals surface area contributed by atoms with Crippen molar-refractivity contribution in [3.8, 4) is 11.4 Å². The number of carbonyl (C=O) groups is 1. The van der Waals surface area contributed by atoms with Crippen LogP contribution in [0.15, 0.2) is 36.8 Å². The van der Waals surface area contributed by atoms with E-state index in [0.29, 0.717) is 12.3 Å². The lowest BCUT2D eigenvalue weighted by molar-refractivity contribution is 0.0517. The number of methoxy groups -OCH3 is 1. The van der Waals surface area contributed by atoms with Gasteiger partial charge in [0.25, 0.3) is 0 Å². The van der Waals surface area contributed by atoms with Crippen molar-refractivity contribution in [3.63, 3.8) is 0 Å². The minimum Gasteiger partial charge on any atom is -0.497 e. The van der Waals surface area contributed by atoms with Crippen molar-refractivity contribution < 1.29 is 14.3 Å². The highest BCUT2D eigenvalue weighted by Gasteiger charge is 2.13. The molecule has 0 unspecified atom stereocenters. The molecule has 0 amide bonds. The molecule has 1 heterocycles. The summed E-state index contributed by atoms with van der Waals surface area (Å²) in [5.41, 5.74) is 1.23. The zero-order chi connectivity index (χ0) is 13.0. The molecule has 5 heteroatoms. The summed E-state index contributed by atoms with van der Waals surface area (Å²) in [7, 11) is 1.61. The summed E-state index contributed by atoms with van der Waals surface area (Å²) >= 11 is 0. The van der Waals surface area contributed by atoms with Gasteiger partial charge in [-0.05, 0) is 31.2 Å². The molecule has 2 aromatic rings. The standard InChI is InChI=1S/C13H14N2O3/c1-3-18-13(16)12-8-14-9-15(12)10-4-6-11(17-2)7-5-10/h4-9H,3H2,1-2H3. The zero-order valence-electron chi connectivity index (χ0n) is 10.3. The Balaban J connectivity index is 2.32. The molecule has 0 aliphatic heterocycles. The van der Waals surface area contributed by atoms with Gasteiger partial charge < -0.3 is 9.47 Å². The van der Waals surface area contributed by atoms with Crippen molar-refractivity contribution in [1.29, 1.82) is 0 Å². The lowest BCUT2D eigenvalue weighted by Gasteiger charge is -2.08. The van der Waals surface area contributed by atoms with Crippen LogP contribution in [0.4, 0.5) is 0 Å². The van der Waals surface area contributed by atoms with Crippen molar-refractivity contribution >= 4 is 5.97 Å². The quantitative estimate of drug-likeness (QED) is 0.775. The van der Waals surface area contributed by atoms with Crippen LogP contribution in [-0.2, 0) is 4.74 Å². The molecule has 0 bridgehead atoms. The van der Waals surface area contributed by atoms with Crippen LogP contribution in [0.5, 0.6) is 5.75 Å². The second kappa shape index (κ2) is 5.35. The van der Waals surface area contributed by atoms with Crippen LogP contribution in [0, 0.1) is 0 Å². The minimum atomic E-state index is -0.384. The Bertz CT molecular complexity index is 531. The molecule has 94 valence electrons. The SMILES string of the molecule is CCOC(=O)c1cncn1-c1ccc(OC)cc1. The maximum Gasteiger partial charge on any atom is 0.356 e. The number of imidazole rings is 1. The summed E-state index contributed by atoms with van der Waals surface area (Å²) in [6.07, 6.45) is 3.07. The highest BCUT2D eigenvalue weighted by atomic mass is 16.5. The van der Waals surface area contributed by atoms with Crippen LogP contribution in [0.3, 0.4) is 0 Å². The van der Waals surface area contributed by atoms with E-state index in [1.54, 1.807) is 24.9 Å². The molecule has 1 aromatic carbocycles. The molecule has 2 rings (SSSR count). The lowest BCUT2D eigenvalue weighted by Crippen LogP contribution is -2.10. The van der Waals surface area contributed by atoms with Crippen LogP contribution >= 0.6 is 0 Å². The predicted octanol–water partition coefficient (Wildman–Crippen LogP) is 2.06. The molecule has 0 aliphatic carbocycles. The first-order valence-electron chi connectivity index (χ1n) is 5.60. The van der Waals surface area contributed by atoms with Gasteiger partial charge in [0, 0.05) is 5.69 Å². The van der Waals surface area contributed by atoms with Gasteiger partial charge in [-0.1, -0.05) is 0 Å². The average molecular weight is 246 g/mol. The van der Waals surface area contributed by atoms with E-state index in [-0.39, 0.29) is 5.97 Å². The van der Waals surface area contributed by atoms with Gasteiger partial charge in [-0.15, -0.1) is 0 Å². The summed E-state index contributed by atoms with van der Waals surface area (Å²) in [5, 5.41) is 0. The molecule has 18 heavy (non-hydrogen) atoms. The van der Waals surface area contributed by atoms with Crippen LogP contribution in [0.1, 0.15) is 17.4 Å². The number of esters is 1. The van der Waals surface area contributed by atoms with Crippen molar-refractivity contribution in [3.05, 3.63) is 42.5 Å². The molecule has 0 radical (unpaired) electrons. The van der Waals surface area contributed by atoms with Crippen LogP contribution in [0.25, 0.3) is 5.69 Å². The minimum absolute atomic E-state index is 0.340. The molecular weight excluding hydrogens is 232 g/mol. The van der Waals surface area contributed by atoms with Gasteiger partial charge in [-0.25, -0.2) is 9.78 Å². The average Bonchev–Trinajstić information content (AvgIpc) is 2.88. The number of aromatic nitrogens is 2. The van der Waals surface area contributed by atoms with E-state index in [9.17, 15) is 4.79 Å². The number of benzene rings is 1. The predicted molar refractivity (Wildman–Crippen MR) is 66.1 cm³/mol. The smallest absolute Gasteiger partial charge is 0.356 e. The van der Waals surface area contributed by atoms with Gasteiger partial charge in [0.15, 0.2) is 5.69 Å². The molecule has 0 aliphatic rings. The Morgan fingerprint density at radius 1 is 1.33 bits per heavy atom. The number of ether oxygens (including phenoxy) is 2. The molecule has 0 spiro atoms. The third-order valence-corrected chi connectivity index (χ3v) is 2.47. The van der Waals surface area contributed by atoms with E-state index < -0.39 is 0 Å². The van der Waals surface area contributed by atoms with Crippen molar-refractivity contribution in [2.75, 3.05) is 13.7 Å². The van der Waals surface area contributed by atoms with Gasteiger partial charge in [-0.3, -0.25) is 4.57 Å². The molecule has 5 nitrogen and oxygen atoms in total. The summed E-state index contributed by atoms with van der Waals surface area (Å²) < 4.78 is 11.7. The largest absolute Gasteiger partial charge is 0.497 e. The maximum absolute atomic E-state index is 11.7. The third-order valence-electron chi connectivity index (χ3n) is 2.47. The fourth-order valence-electron chi connectivity index (χ4n) is 1.60. The fraction of sp³-hybridized carbons (Fsp3) is 0.231. The van der Waals surface area contributed by atoms with Gasteiger partial charge in [0.1, 0.15) is 5.75 Å². The van der Waals surface area contributed by atoms with E-state index in [1.165, 1.54) is 6.20 Å². The number of hydrogen-bond acceptors (Lipinski definition) is 4. The highest BCUT2D eigenvalue weighted by molar-refractivity contribution is 5.88. The van der Waals surface area contributed by atoms with Crippen molar-refractivity contribution in [2.24, 2.45) is 0 Å². The first-order chi connectivity index (χ1) is 8.76. The second-order valence-corrected chi connectivity index (χ2v) is 3.57. The summed E-state index contributed by atoms with van der Waals surface area (Å²) in [4.78, 5) is 15.7. The third kappa shape index (κ3) is 2.34. The molecule has 0 N–H and O–H groups in total. The highest BCUT2D eigenvalue weighted by Crippen LogP contribution is 2.16. The number of carbonyl (C=O) groups excluding carboxylic acids is 1. The second-order valence-electron chi connectivity index (χ2n) is 3.57. The van der Waals surface area contributed by atoms with Gasteiger partial charge in [0.05, 0.1) is 26.2 Å². The van der Waals surface area contributed by atoms with E-state index in [1.807, 2.05) is 24.3 Å². The summed E-state index contributed by atoms with van der Waals surface area (Å²) in [5.74, 6) is 0.377. The Kier molecular flexibility index (Phi) is 3.62. The van der Waals surface area contributed by atoms with Crippen LogP contribution in [0.2, 0.25) is 0 Å². The van der Waals surface area contributed by atoms with E-state index in [0.717, 1.165) is 11.4 Å². The number of rotatable bonds is 4. The monoisotopic (exact) mass is 246 g/mol. The maximum atomic E-state index is 11.7. The fourth-order valence-corrected chi connectivity index (χ4v) is 1.60. The van der Waals surface area contributed by atoms with Crippen molar-refractivity contribution in [1.82, 2.24) is 9.55 Å². The number of nitrogens with zero attached hydrogens (tertiary/aromatic N) is 2. The molecule has 0 saturated heterocycles. The molecule has 0 atom stereocenters. The Morgan fingerprint density at radius 3 is 2.67 bits per heavy atom. The summed E-state index contributed by atoms with van der Waals surface area (Å²) in [6.45, 7) is 2.11. The molecular formula is C13H14N2O3. The van der Waals surface area contributed by atoms with Gasteiger partial charge >= 0.3 is 5.97 Å². The Morgan fingerprint density at radius 2 is 2.06 bits per heavy atom. The molecule has 0 fully saturated rings. The lowest BCUT2D eigenvalue weighted by atomic mass is 10.3. The first kappa shape index (κ1) is 12.2. The first-order valence-corrected chi connectivity index (χ1v) is 5.60. The summed E-state index contributed by atoms with van der Waals surface area (Å²) in [6, 6.07) is 7.35. The Hall–Kier alpha value is -2.30. The van der Waals surface area contributed by atoms with Crippen LogP contribution < -0.4 is 4.74 Å². The Labute approximate surface area is 105 Å². The molecule has 1 aromatic heterocycles. The normalized spacial score (nSPS) is 10.1. The van der Waals surface area contributed by atoms with E-state index in [2.05, 4.69) is 4.98 Å². The number of hydrogen-bond donors (Lipinski definition) is 0. The zero-order valence-corrected chi connectivity index (χ0v) is 10.3. The van der Waals surface area contributed by atoms with Crippen molar-refractivity contribution in [2.45, 2.75) is 6.92 Å². The van der Waals surface area contributed by atoms with Crippen LogP contribution in [-0.4, -0.2) is 29.2 Å². The topological polar surface area (TPSA) is 53.3 Å².